The van der Waals surface area contributed by atoms with E-state index >= 15 is 0 Å². The Balaban J connectivity index is 0.000000233. The number of hydrogen-bond donors (Lipinski definition) is 0. The molecule has 0 radical (unpaired) electrons. The highest BCUT2D eigenvalue weighted by Crippen LogP contribution is 2.37. The van der Waals surface area contributed by atoms with Crippen molar-refractivity contribution in [3.8, 4) is 12.1 Å². The van der Waals surface area contributed by atoms with E-state index in [4.69, 9.17) is 15.3 Å². The lowest BCUT2D eigenvalue weighted by atomic mass is 10.1. The average molecular weight is 445 g/mol. The van der Waals surface area contributed by atoms with Crippen LogP contribution in [0.5, 0.6) is 0 Å². The predicted molar refractivity (Wildman–Crippen MR) is 95.3 cm³/mol. The third-order valence-electron chi connectivity index (χ3n) is 4.18. The summed E-state index contributed by atoms with van der Waals surface area (Å²) in [5.74, 6) is -1.37. The van der Waals surface area contributed by atoms with Crippen molar-refractivity contribution >= 4 is 5.69 Å². The van der Waals surface area contributed by atoms with Gasteiger partial charge >= 0.3 is 12.4 Å². The molecule has 1 aliphatic heterocycles. The minimum Gasteiger partial charge on any atom is -0.378 e. The highest BCUT2D eigenvalue weighted by molar-refractivity contribution is 5.58. The second kappa shape index (κ2) is 9.67. The van der Waals surface area contributed by atoms with E-state index in [2.05, 4.69) is 0 Å². The second-order valence-electron chi connectivity index (χ2n) is 6.25. The van der Waals surface area contributed by atoms with Crippen molar-refractivity contribution in [2.24, 2.45) is 0 Å². The van der Waals surface area contributed by atoms with Crippen LogP contribution in [0.2, 0.25) is 0 Å². The Hall–Kier alpha value is -3.31. The molecule has 2 aromatic rings. The molecule has 4 nitrogen and oxygen atoms in total. The molecule has 1 saturated heterocycles. The smallest absolute Gasteiger partial charge is 0.378 e. The molecule has 0 spiro atoms. The van der Waals surface area contributed by atoms with Gasteiger partial charge in [0.1, 0.15) is 5.82 Å². The van der Waals surface area contributed by atoms with Crippen LogP contribution in [0, 0.1) is 28.5 Å². The zero-order valence-corrected chi connectivity index (χ0v) is 15.7. The van der Waals surface area contributed by atoms with Gasteiger partial charge in [0.2, 0.25) is 0 Å². The minimum absolute atomic E-state index is 0.0133. The zero-order chi connectivity index (χ0) is 23.2. The van der Waals surface area contributed by atoms with Crippen molar-refractivity contribution in [1.29, 1.82) is 10.5 Å². The van der Waals surface area contributed by atoms with Crippen molar-refractivity contribution in [3.63, 3.8) is 0 Å². The first-order valence-electron chi connectivity index (χ1n) is 8.68. The van der Waals surface area contributed by atoms with Crippen molar-refractivity contribution in [2.45, 2.75) is 12.4 Å². The van der Waals surface area contributed by atoms with Gasteiger partial charge in [-0.05, 0) is 36.4 Å². The van der Waals surface area contributed by atoms with Gasteiger partial charge in [-0.15, -0.1) is 0 Å². The van der Waals surface area contributed by atoms with Crippen LogP contribution in [0.15, 0.2) is 36.4 Å². The molecule has 0 bridgehead atoms. The van der Waals surface area contributed by atoms with Gasteiger partial charge in [-0.1, -0.05) is 0 Å². The van der Waals surface area contributed by atoms with Gasteiger partial charge in [0.15, 0.2) is 0 Å². The molecular formula is C20H14F7N3O. The molecule has 0 atom stereocenters. The van der Waals surface area contributed by atoms with E-state index in [1.165, 1.54) is 18.2 Å². The highest BCUT2D eigenvalue weighted by atomic mass is 19.4. The van der Waals surface area contributed by atoms with Crippen molar-refractivity contribution in [3.05, 3.63) is 64.5 Å². The molecule has 0 aliphatic carbocycles. The third-order valence-corrected chi connectivity index (χ3v) is 4.18. The Morgan fingerprint density at radius 2 is 1.26 bits per heavy atom. The van der Waals surface area contributed by atoms with Gasteiger partial charge in [0.05, 0.1) is 47.6 Å². The summed E-state index contributed by atoms with van der Waals surface area (Å²) in [5, 5.41) is 17.0. The number of alkyl halides is 6. The van der Waals surface area contributed by atoms with E-state index in [0.717, 1.165) is 12.1 Å². The normalized spacial score (nSPS) is 14.2. The van der Waals surface area contributed by atoms with E-state index in [0.29, 0.717) is 38.4 Å². The van der Waals surface area contributed by atoms with E-state index in [1.54, 1.807) is 11.0 Å². The fourth-order valence-electron chi connectivity index (χ4n) is 2.72. The first-order chi connectivity index (χ1) is 14.5. The van der Waals surface area contributed by atoms with Gasteiger partial charge in [-0.3, -0.25) is 0 Å². The molecule has 0 saturated carbocycles. The highest BCUT2D eigenvalue weighted by Gasteiger charge is 2.36. The summed E-state index contributed by atoms with van der Waals surface area (Å²) in [6.45, 7) is 1.68. The minimum atomic E-state index is -4.75. The number of halogens is 7. The Bertz CT molecular complexity index is 998. The molecular weight excluding hydrogens is 431 g/mol. The molecule has 1 heterocycles. The second-order valence-corrected chi connectivity index (χ2v) is 6.25. The average Bonchev–Trinajstić information content (AvgIpc) is 2.73. The van der Waals surface area contributed by atoms with Crippen LogP contribution in [0.1, 0.15) is 22.3 Å². The number of benzene rings is 2. The molecule has 0 N–H and O–H groups in total. The van der Waals surface area contributed by atoms with E-state index in [-0.39, 0.29) is 16.8 Å². The monoisotopic (exact) mass is 445 g/mol. The summed E-state index contributed by atoms with van der Waals surface area (Å²) in [5.41, 5.74) is -2.26. The quantitative estimate of drug-likeness (QED) is 0.571. The number of nitriles is 2. The van der Waals surface area contributed by atoms with Crippen LogP contribution in [0.4, 0.5) is 36.4 Å². The maximum absolute atomic E-state index is 13.0. The Morgan fingerprint density at radius 3 is 1.74 bits per heavy atom. The molecule has 2 aromatic carbocycles. The molecule has 1 fully saturated rings. The zero-order valence-electron chi connectivity index (χ0n) is 15.7. The Morgan fingerprint density at radius 1 is 0.774 bits per heavy atom. The number of hydrogen-bond acceptors (Lipinski definition) is 4. The lowest BCUT2D eigenvalue weighted by Gasteiger charge is -2.31. The largest absolute Gasteiger partial charge is 0.419 e. The standard InChI is InChI=1S/C12H11F3N2O.C8H3F4N/c13-12(14,15)10-7-9(8-16)1-2-11(10)17-3-5-18-6-4-17;9-7-2-1-5(4-13)3-6(7)8(10,11)12/h1-2,7H,3-6H2;1-3H. The summed E-state index contributed by atoms with van der Waals surface area (Å²) in [6.07, 6.45) is -9.21. The van der Waals surface area contributed by atoms with E-state index in [1.807, 2.05) is 0 Å². The first-order valence-corrected chi connectivity index (χ1v) is 8.68. The van der Waals surface area contributed by atoms with Gasteiger partial charge in [0, 0.05) is 18.8 Å². The maximum Gasteiger partial charge on any atom is 0.419 e. The summed E-state index contributed by atoms with van der Waals surface area (Å²) >= 11 is 0. The summed E-state index contributed by atoms with van der Waals surface area (Å²) in [6, 6.07) is 8.98. The maximum atomic E-state index is 13.0. The summed E-state index contributed by atoms with van der Waals surface area (Å²) in [7, 11) is 0. The molecule has 0 unspecified atom stereocenters. The molecule has 3 rings (SSSR count). The number of rotatable bonds is 1. The van der Waals surface area contributed by atoms with Crippen LogP contribution in [-0.2, 0) is 17.1 Å². The number of morpholine rings is 1. The molecule has 31 heavy (non-hydrogen) atoms. The first kappa shape index (κ1) is 24.0. The van der Waals surface area contributed by atoms with Crippen LogP contribution >= 0.6 is 0 Å². The SMILES string of the molecule is N#Cc1ccc(F)c(C(F)(F)F)c1.N#Cc1ccc(N2CCOCC2)c(C(F)(F)F)c1. The fraction of sp³-hybridized carbons (Fsp3) is 0.300. The summed E-state index contributed by atoms with van der Waals surface area (Å²) in [4.78, 5) is 1.63. The van der Waals surface area contributed by atoms with Crippen molar-refractivity contribution in [1.82, 2.24) is 0 Å². The topological polar surface area (TPSA) is 60.0 Å². The molecule has 164 valence electrons. The van der Waals surface area contributed by atoms with Crippen molar-refractivity contribution < 1.29 is 35.5 Å². The van der Waals surface area contributed by atoms with Gasteiger partial charge in [-0.25, -0.2) is 4.39 Å². The molecule has 0 amide bonds. The number of ether oxygens (including phenoxy) is 1. The van der Waals surface area contributed by atoms with Crippen LogP contribution in [-0.4, -0.2) is 26.3 Å². The Kier molecular flexibility index (Phi) is 7.47. The molecule has 11 heteroatoms. The van der Waals surface area contributed by atoms with E-state index in [9.17, 15) is 30.7 Å². The fourth-order valence-corrected chi connectivity index (χ4v) is 2.72. The van der Waals surface area contributed by atoms with Crippen LogP contribution in [0.25, 0.3) is 0 Å². The van der Waals surface area contributed by atoms with Crippen molar-refractivity contribution in [2.75, 3.05) is 31.2 Å². The number of anilines is 1. The molecule has 0 aromatic heterocycles. The third kappa shape index (κ3) is 6.33. The van der Waals surface area contributed by atoms with Gasteiger partial charge < -0.3 is 9.64 Å². The van der Waals surface area contributed by atoms with Gasteiger partial charge in [-0.2, -0.15) is 36.9 Å². The molecule has 1 aliphatic rings. The van der Waals surface area contributed by atoms with Crippen LogP contribution in [0.3, 0.4) is 0 Å². The lowest BCUT2D eigenvalue weighted by Crippen LogP contribution is -2.37. The van der Waals surface area contributed by atoms with E-state index < -0.39 is 29.3 Å². The number of nitrogens with zero attached hydrogens (tertiary/aromatic N) is 3. The van der Waals surface area contributed by atoms with Gasteiger partial charge in [0.25, 0.3) is 0 Å². The van der Waals surface area contributed by atoms with Crippen LogP contribution < -0.4 is 4.90 Å². The summed E-state index contributed by atoms with van der Waals surface area (Å²) < 4.78 is 92.6. The predicted octanol–water partition coefficient (Wildman–Crippen LogP) is 5.13. The Labute approximate surface area is 172 Å². The lowest BCUT2D eigenvalue weighted by molar-refractivity contribution is -0.140.